The molecular formula is C13H15NO2. The van der Waals surface area contributed by atoms with E-state index in [4.69, 9.17) is 0 Å². The Balaban J connectivity index is 2.76. The Morgan fingerprint density at radius 2 is 1.62 bits per heavy atom. The van der Waals surface area contributed by atoms with Crippen molar-refractivity contribution in [1.29, 1.82) is 0 Å². The van der Waals surface area contributed by atoms with E-state index in [1.165, 1.54) is 19.9 Å². The number of hydrogen-bond donors (Lipinski definition) is 1. The third-order valence-electron chi connectivity index (χ3n) is 2.05. The van der Waals surface area contributed by atoms with E-state index in [0.717, 1.165) is 11.4 Å². The van der Waals surface area contributed by atoms with E-state index in [-0.39, 0.29) is 11.6 Å². The first-order chi connectivity index (χ1) is 7.49. The van der Waals surface area contributed by atoms with Crippen LogP contribution in [0.15, 0.2) is 36.0 Å². The van der Waals surface area contributed by atoms with Crippen molar-refractivity contribution in [3.05, 3.63) is 41.6 Å². The highest BCUT2D eigenvalue weighted by Gasteiger charge is 1.99. The summed E-state index contributed by atoms with van der Waals surface area (Å²) in [6, 6.07) is 7.14. The average molecular weight is 217 g/mol. The number of Topliss-reactive ketones (excluding diaryl/α,β-unsaturated/α-hetero) is 1. The molecule has 0 aliphatic carbocycles. The minimum atomic E-state index is 0.00496. The van der Waals surface area contributed by atoms with Crippen molar-refractivity contribution in [2.24, 2.45) is 0 Å². The number of hydrogen-bond acceptors (Lipinski definition) is 3. The molecule has 0 spiro atoms. The maximum atomic E-state index is 11.0. The minimum Gasteiger partial charge on any atom is -0.359 e. The summed E-state index contributed by atoms with van der Waals surface area (Å²) < 4.78 is 0. The third-order valence-corrected chi connectivity index (χ3v) is 2.05. The van der Waals surface area contributed by atoms with Crippen molar-refractivity contribution in [2.45, 2.75) is 20.8 Å². The van der Waals surface area contributed by atoms with Crippen LogP contribution in [-0.2, 0) is 4.79 Å². The number of anilines is 1. The summed E-state index contributed by atoms with van der Waals surface area (Å²) in [7, 11) is 0. The highest BCUT2D eigenvalue weighted by molar-refractivity contribution is 5.94. The van der Waals surface area contributed by atoms with E-state index in [2.05, 4.69) is 5.32 Å². The van der Waals surface area contributed by atoms with E-state index >= 15 is 0 Å². The van der Waals surface area contributed by atoms with Gasteiger partial charge in [-0.15, -0.1) is 0 Å². The van der Waals surface area contributed by atoms with Gasteiger partial charge in [0.15, 0.2) is 11.6 Å². The van der Waals surface area contributed by atoms with Crippen LogP contribution in [0.1, 0.15) is 31.1 Å². The van der Waals surface area contributed by atoms with E-state index in [1.54, 1.807) is 12.1 Å². The number of carbonyl (C=O) groups excluding carboxylic acids is 2. The van der Waals surface area contributed by atoms with Crippen molar-refractivity contribution >= 4 is 17.3 Å². The lowest BCUT2D eigenvalue weighted by Gasteiger charge is -2.06. The molecule has 84 valence electrons. The Labute approximate surface area is 95.2 Å². The van der Waals surface area contributed by atoms with Gasteiger partial charge in [0.25, 0.3) is 0 Å². The standard InChI is InChI=1S/C13H15NO2/c1-9(8-10(2)15)14-13-6-4-12(5-7-13)11(3)16/h4-8,14H,1-3H3/b9-8-. The summed E-state index contributed by atoms with van der Waals surface area (Å²) in [4.78, 5) is 21.9. The molecule has 3 nitrogen and oxygen atoms in total. The van der Waals surface area contributed by atoms with Crippen molar-refractivity contribution < 1.29 is 9.59 Å². The van der Waals surface area contributed by atoms with Gasteiger partial charge in [-0.1, -0.05) is 0 Å². The van der Waals surface area contributed by atoms with Crippen LogP contribution < -0.4 is 5.32 Å². The molecule has 16 heavy (non-hydrogen) atoms. The van der Waals surface area contributed by atoms with Crippen LogP contribution in [0.5, 0.6) is 0 Å². The number of ketones is 2. The quantitative estimate of drug-likeness (QED) is 0.623. The Bertz CT molecular complexity index is 430. The van der Waals surface area contributed by atoms with Gasteiger partial charge in [-0.3, -0.25) is 9.59 Å². The second-order valence-corrected chi connectivity index (χ2v) is 3.70. The van der Waals surface area contributed by atoms with E-state index in [1.807, 2.05) is 19.1 Å². The Hall–Kier alpha value is -1.90. The number of allylic oxidation sites excluding steroid dienone is 2. The molecule has 3 heteroatoms. The molecule has 0 saturated carbocycles. The fraction of sp³-hybridized carbons (Fsp3) is 0.231. The van der Waals surface area contributed by atoms with Gasteiger partial charge in [-0.05, 0) is 51.1 Å². The smallest absolute Gasteiger partial charge is 0.159 e. The molecule has 0 unspecified atom stereocenters. The number of benzene rings is 1. The minimum absolute atomic E-state index is 0.00496. The van der Waals surface area contributed by atoms with Gasteiger partial charge in [0.2, 0.25) is 0 Å². The average Bonchev–Trinajstić information content (AvgIpc) is 2.16. The monoisotopic (exact) mass is 217 g/mol. The Kier molecular flexibility index (Phi) is 4.00. The maximum absolute atomic E-state index is 11.0. The fourth-order valence-electron chi connectivity index (χ4n) is 1.36. The maximum Gasteiger partial charge on any atom is 0.159 e. The zero-order chi connectivity index (χ0) is 12.1. The summed E-state index contributed by atoms with van der Waals surface area (Å²) in [6.07, 6.45) is 1.53. The van der Waals surface area contributed by atoms with Crippen molar-refractivity contribution in [2.75, 3.05) is 5.32 Å². The van der Waals surface area contributed by atoms with Crippen LogP contribution in [0.4, 0.5) is 5.69 Å². The first-order valence-corrected chi connectivity index (χ1v) is 5.06. The van der Waals surface area contributed by atoms with Gasteiger partial charge >= 0.3 is 0 Å². The molecule has 0 aliphatic rings. The number of carbonyl (C=O) groups is 2. The van der Waals surface area contributed by atoms with Crippen LogP contribution in [0, 0.1) is 0 Å². The van der Waals surface area contributed by atoms with E-state index in [9.17, 15) is 9.59 Å². The molecule has 0 aromatic heterocycles. The lowest BCUT2D eigenvalue weighted by molar-refractivity contribution is -0.112. The zero-order valence-electron chi connectivity index (χ0n) is 9.70. The van der Waals surface area contributed by atoms with Gasteiger partial charge in [0.1, 0.15) is 0 Å². The first-order valence-electron chi connectivity index (χ1n) is 5.06. The SMILES string of the molecule is CC(=O)/C=C(/C)Nc1ccc(C(C)=O)cc1. The van der Waals surface area contributed by atoms with Gasteiger partial charge in [0, 0.05) is 16.9 Å². The van der Waals surface area contributed by atoms with E-state index < -0.39 is 0 Å². The normalized spacial score (nSPS) is 11.1. The van der Waals surface area contributed by atoms with Crippen LogP contribution in [0.3, 0.4) is 0 Å². The summed E-state index contributed by atoms with van der Waals surface area (Å²) in [5, 5.41) is 3.07. The molecule has 0 amide bonds. The predicted molar refractivity (Wildman–Crippen MR) is 64.5 cm³/mol. The lowest BCUT2D eigenvalue weighted by atomic mass is 10.1. The molecule has 0 radical (unpaired) electrons. The van der Waals surface area contributed by atoms with Gasteiger partial charge in [-0.2, -0.15) is 0 Å². The Morgan fingerprint density at radius 3 is 2.06 bits per heavy atom. The highest BCUT2D eigenvalue weighted by atomic mass is 16.1. The molecule has 0 heterocycles. The topological polar surface area (TPSA) is 46.2 Å². The zero-order valence-corrected chi connectivity index (χ0v) is 9.70. The van der Waals surface area contributed by atoms with Crippen LogP contribution in [0.2, 0.25) is 0 Å². The molecule has 1 aromatic carbocycles. The molecule has 0 bridgehead atoms. The van der Waals surface area contributed by atoms with Gasteiger partial charge in [0.05, 0.1) is 0 Å². The van der Waals surface area contributed by atoms with Crippen molar-refractivity contribution in [3.63, 3.8) is 0 Å². The number of rotatable bonds is 4. The molecule has 0 aliphatic heterocycles. The van der Waals surface area contributed by atoms with Crippen LogP contribution in [0.25, 0.3) is 0 Å². The predicted octanol–water partition coefficient (Wildman–Crippen LogP) is 2.79. The fourth-order valence-corrected chi connectivity index (χ4v) is 1.36. The molecule has 0 fully saturated rings. The van der Waals surface area contributed by atoms with Gasteiger partial charge < -0.3 is 5.32 Å². The summed E-state index contributed by atoms with van der Waals surface area (Å²) in [6.45, 7) is 4.85. The second kappa shape index (κ2) is 5.26. The summed E-state index contributed by atoms with van der Waals surface area (Å²) in [5.74, 6) is 0.0490. The lowest BCUT2D eigenvalue weighted by Crippen LogP contribution is -1.99. The summed E-state index contributed by atoms with van der Waals surface area (Å²) >= 11 is 0. The largest absolute Gasteiger partial charge is 0.359 e. The highest BCUT2D eigenvalue weighted by Crippen LogP contribution is 2.12. The molecule has 1 aromatic rings. The molecular weight excluding hydrogens is 202 g/mol. The first kappa shape index (κ1) is 12.2. The second-order valence-electron chi connectivity index (χ2n) is 3.70. The number of nitrogens with one attached hydrogen (secondary N) is 1. The van der Waals surface area contributed by atoms with E-state index in [0.29, 0.717) is 5.56 Å². The van der Waals surface area contributed by atoms with Crippen LogP contribution in [-0.4, -0.2) is 11.6 Å². The molecule has 0 saturated heterocycles. The Morgan fingerprint density at radius 1 is 1.06 bits per heavy atom. The van der Waals surface area contributed by atoms with Crippen LogP contribution >= 0.6 is 0 Å². The van der Waals surface area contributed by atoms with Crippen molar-refractivity contribution in [1.82, 2.24) is 0 Å². The molecule has 1 N–H and O–H groups in total. The molecule has 0 atom stereocenters. The van der Waals surface area contributed by atoms with Crippen molar-refractivity contribution in [3.8, 4) is 0 Å². The van der Waals surface area contributed by atoms with Gasteiger partial charge in [-0.25, -0.2) is 0 Å². The molecule has 1 rings (SSSR count). The third kappa shape index (κ3) is 3.69. The summed E-state index contributed by atoms with van der Waals surface area (Å²) in [5.41, 5.74) is 2.32.